The van der Waals surface area contributed by atoms with Crippen LogP contribution < -0.4 is 15.2 Å². The molecule has 0 saturated carbocycles. The third-order valence-corrected chi connectivity index (χ3v) is 7.53. The Kier molecular flexibility index (Phi) is 14.0. The van der Waals surface area contributed by atoms with Crippen LogP contribution >= 0.6 is 0 Å². The minimum Gasteiger partial charge on any atom is -0.494 e. The normalized spacial score (nSPS) is 17.1. The number of nitrogens with zero attached hydrogens (tertiary/aromatic N) is 5. The Hall–Kier alpha value is -2.92. The average molecular weight is 557 g/mol. The minimum absolute atomic E-state index is 0.0937. The molecule has 4 rings (SSSR count). The number of non-ortho nitro benzene ring substituents is 1. The number of hydrogen-bond acceptors (Lipinski definition) is 9. The van der Waals surface area contributed by atoms with Crippen molar-refractivity contribution < 1.29 is 14.4 Å². The monoisotopic (exact) mass is 556 g/mol. The number of nitrogen functional groups attached to an aromatic ring is 1. The van der Waals surface area contributed by atoms with Crippen LogP contribution in [0.1, 0.15) is 26.7 Å². The van der Waals surface area contributed by atoms with Crippen molar-refractivity contribution in [1.82, 2.24) is 19.6 Å². The zero-order valence-corrected chi connectivity index (χ0v) is 24.4. The largest absolute Gasteiger partial charge is 0.494 e. The molecule has 2 N–H and O–H groups in total. The van der Waals surface area contributed by atoms with Gasteiger partial charge in [-0.25, -0.2) is 0 Å². The van der Waals surface area contributed by atoms with E-state index in [1.807, 2.05) is 24.3 Å². The van der Waals surface area contributed by atoms with Gasteiger partial charge >= 0.3 is 0 Å². The molecular formula is C30H48N6O4. The molecule has 2 aliphatic heterocycles. The first-order chi connectivity index (χ1) is 19.5. The van der Waals surface area contributed by atoms with Crippen molar-refractivity contribution in [3.63, 3.8) is 0 Å². The van der Waals surface area contributed by atoms with E-state index >= 15 is 0 Å². The zero-order chi connectivity index (χ0) is 28.6. The van der Waals surface area contributed by atoms with Gasteiger partial charge in [0.2, 0.25) is 0 Å². The number of hydrogen-bond donors (Lipinski definition) is 1. The van der Waals surface area contributed by atoms with Gasteiger partial charge in [0.1, 0.15) is 11.5 Å². The number of ether oxygens (including phenoxy) is 2. The molecule has 2 heterocycles. The fraction of sp³-hybridized carbons (Fsp3) is 0.600. The Bertz CT molecular complexity index is 959. The highest BCUT2D eigenvalue weighted by Gasteiger charge is 2.15. The van der Waals surface area contributed by atoms with E-state index in [-0.39, 0.29) is 5.69 Å². The van der Waals surface area contributed by atoms with Crippen LogP contribution in [-0.4, -0.2) is 116 Å². The molecule has 0 bridgehead atoms. The van der Waals surface area contributed by atoms with E-state index in [0.717, 1.165) is 76.7 Å². The highest BCUT2D eigenvalue weighted by molar-refractivity contribution is 5.41. The molecule has 10 nitrogen and oxygen atoms in total. The van der Waals surface area contributed by atoms with E-state index in [2.05, 4.69) is 33.4 Å². The Morgan fingerprint density at radius 2 is 1.05 bits per heavy atom. The van der Waals surface area contributed by atoms with Gasteiger partial charge in [0.25, 0.3) is 5.69 Å². The van der Waals surface area contributed by atoms with Gasteiger partial charge in [0, 0.05) is 83.3 Å². The zero-order valence-electron chi connectivity index (χ0n) is 24.4. The maximum atomic E-state index is 10.5. The van der Waals surface area contributed by atoms with Crippen molar-refractivity contribution in [3.05, 3.63) is 58.6 Å². The first-order valence-corrected chi connectivity index (χ1v) is 14.7. The van der Waals surface area contributed by atoms with E-state index in [4.69, 9.17) is 15.2 Å². The molecular weight excluding hydrogens is 508 g/mol. The van der Waals surface area contributed by atoms with Crippen molar-refractivity contribution in [2.45, 2.75) is 26.7 Å². The molecule has 2 aromatic rings. The number of benzene rings is 2. The lowest BCUT2D eigenvalue weighted by Crippen LogP contribution is -2.46. The second-order valence-corrected chi connectivity index (χ2v) is 10.3. The third kappa shape index (κ3) is 11.7. The number of nitro groups is 1. The molecule has 2 saturated heterocycles. The van der Waals surface area contributed by atoms with Gasteiger partial charge in [-0.1, -0.05) is 13.8 Å². The van der Waals surface area contributed by atoms with E-state index < -0.39 is 4.92 Å². The molecule has 222 valence electrons. The number of rotatable bonds is 13. The van der Waals surface area contributed by atoms with Crippen LogP contribution in [0.4, 0.5) is 11.4 Å². The summed E-state index contributed by atoms with van der Waals surface area (Å²) < 4.78 is 11.3. The molecule has 2 aliphatic rings. The molecule has 0 atom stereocenters. The molecule has 0 amide bonds. The molecule has 2 aromatic carbocycles. The van der Waals surface area contributed by atoms with Crippen LogP contribution in [0.25, 0.3) is 0 Å². The van der Waals surface area contributed by atoms with Crippen LogP contribution in [0, 0.1) is 10.1 Å². The number of likely N-dealkylation sites (N-methyl/N-ethyl adjacent to an activating group) is 2. The Labute approximate surface area is 239 Å². The van der Waals surface area contributed by atoms with Crippen molar-refractivity contribution >= 4 is 11.4 Å². The highest BCUT2D eigenvalue weighted by atomic mass is 16.6. The lowest BCUT2D eigenvalue weighted by Gasteiger charge is -2.33. The summed E-state index contributed by atoms with van der Waals surface area (Å²) in [5.41, 5.74) is 6.51. The van der Waals surface area contributed by atoms with Crippen LogP contribution in [0.3, 0.4) is 0 Å². The molecule has 0 unspecified atom stereocenters. The van der Waals surface area contributed by atoms with E-state index in [0.29, 0.717) is 12.4 Å². The summed E-state index contributed by atoms with van der Waals surface area (Å²) in [6, 6.07) is 13.8. The molecule has 40 heavy (non-hydrogen) atoms. The summed E-state index contributed by atoms with van der Waals surface area (Å²) in [7, 11) is 0. The number of piperazine rings is 2. The van der Waals surface area contributed by atoms with Gasteiger partial charge in [0.15, 0.2) is 0 Å². The van der Waals surface area contributed by atoms with Crippen molar-refractivity contribution in [2.24, 2.45) is 0 Å². The van der Waals surface area contributed by atoms with E-state index in [9.17, 15) is 10.1 Å². The molecule has 10 heteroatoms. The summed E-state index contributed by atoms with van der Waals surface area (Å²) in [6.07, 6.45) is 2.06. The smallest absolute Gasteiger partial charge is 0.269 e. The Morgan fingerprint density at radius 1 is 0.675 bits per heavy atom. The van der Waals surface area contributed by atoms with Crippen LogP contribution in [-0.2, 0) is 0 Å². The quantitative estimate of drug-likeness (QED) is 0.171. The lowest BCUT2D eigenvalue weighted by molar-refractivity contribution is -0.384. The second-order valence-electron chi connectivity index (χ2n) is 10.3. The minimum atomic E-state index is -0.403. The maximum Gasteiger partial charge on any atom is 0.269 e. The predicted octanol–water partition coefficient (Wildman–Crippen LogP) is 3.68. The molecule has 2 fully saturated rings. The number of anilines is 1. The third-order valence-electron chi connectivity index (χ3n) is 7.53. The van der Waals surface area contributed by atoms with Gasteiger partial charge in [-0.15, -0.1) is 0 Å². The molecule has 0 aliphatic carbocycles. The second kappa shape index (κ2) is 17.7. The first kappa shape index (κ1) is 31.6. The maximum absolute atomic E-state index is 10.5. The van der Waals surface area contributed by atoms with Gasteiger partial charge in [-0.3, -0.25) is 10.1 Å². The SMILES string of the molecule is CCN1CCN(CCCOc2ccc(N)cc2)CC1.CCN1CCN(CCCOc2ccc([N+](=O)[O-])cc2)CC1. The lowest BCUT2D eigenvalue weighted by atomic mass is 10.3. The van der Waals surface area contributed by atoms with Crippen molar-refractivity contribution in [2.75, 3.05) is 97.5 Å². The summed E-state index contributed by atoms with van der Waals surface area (Å²) in [4.78, 5) is 20.1. The number of nitrogens with two attached hydrogens (primary N) is 1. The Balaban J connectivity index is 0.000000222. The van der Waals surface area contributed by atoms with Gasteiger partial charge < -0.3 is 34.8 Å². The molecule has 0 radical (unpaired) electrons. The summed E-state index contributed by atoms with van der Waals surface area (Å²) in [5.74, 6) is 1.60. The van der Waals surface area contributed by atoms with Crippen LogP contribution in [0.5, 0.6) is 11.5 Å². The molecule has 0 aromatic heterocycles. The van der Waals surface area contributed by atoms with Crippen molar-refractivity contribution in [1.29, 1.82) is 0 Å². The van der Waals surface area contributed by atoms with Gasteiger partial charge in [-0.2, -0.15) is 0 Å². The predicted molar refractivity (Wildman–Crippen MR) is 161 cm³/mol. The first-order valence-electron chi connectivity index (χ1n) is 14.7. The molecule has 0 spiro atoms. The fourth-order valence-electron chi connectivity index (χ4n) is 4.84. The van der Waals surface area contributed by atoms with Gasteiger partial charge in [-0.05, 0) is 62.3 Å². The fourth-order valence-corrected chi connectivity index (χ4v) is 4.84. The Morgan fingerprint density at radius 3 is 1.43 bits per heavy atom. The van der Waals surface area contributed by atoms with Gasteiger partial charge in [0.05, 0.1) is 18.1 Å². The van der Waals surface area contributed by atoms with Crippen LogP contribution in [0.15, 0.2) is 48.5 Å². The summed E-state index contributed by atoms with van der Waals surface area (Å²) in [6.45, 7) is 19.7. The summed E-state index contributed by atoms with van der Waals surface area (Å²) >= 11 is 0. The number of nitro benzene ring substituents is 1. The average Bonchev–Trinajstić information content (AvgIpc) is 2.99. The van der Waals surface area contributed by atoms with Crippen LogP contribution in [0.2, 0.25) is 0 Å². The standard InChI is InChI=1S/C15H23N3O3.C15H25N3O/c1-2-16-9-11-17(12-10-16)8-3-13-21-15-6-4-14(5-7-15)18(19)20;1-2-17-9-11-18(12-10-17)8-3-13-19-15-6-4-14(16)5-7-15/h4-7H,2-3,8-13H2,1H3;4-7H,2-3,8-13,16H2,1H3. The topological polar surface area (TPSA) is 101 Å². The summed E-state index contributed by atoms with van der Waals surface area (Å²) in [5, 5.41) is 10.5. The van der Waals surface area contributed by atoms with E-state index in [1.54, 1.807) is 12.1 Å². The van der Waals surface area contributed by atoms with E-state index in [1.165, 1.54) is 44.9 Å². The van der Waals surface area contributed by atoms with Crippen molar-refractivity contribution in [3.8, 4) is 11.5 Å². The highest BCUT2D eigenvalue weighted by Crippen LogP contribution is 2.17.